The smallest absolute Gasteiger partial charge is 0.139 e. The highest BCUT2D eigenvalue weighted by molar-refractivity contribution is 6.33. The van der Waals surface area contributed by atoms with E-state index in [1.165, 1.54) is 12.8 Å². The second kappa shape index (κ2) is 4.17. The molecule has 0 amide bonds. The van der Waals surface area contributed by atoms with Crippen molar-refractivity contribution >= 4 is 11.6 Å². The number of rotatable bonds is 3. The molecule has 0 bridgehead atoms. The van der Waals surface area contributed by atoms with E-state index in [9.17, 15) is 0 Å². The van der Waals surface area contributed by atoms with Gasteiger partial charge in [0.1, 0.15) is 5.82 Å². The first-order valence-electron chi connectivity index (χ1n) is 5.83. The molecule has 3 N–H and O–H groups in total. The number of hydrogen-bond acceptors (Lipinski definition) is 2. The van der Waals surface area contributed by atoms with Gasteiger partial charge < -0.3 is 10.7 Å². The second-order valence-electron chi connectivity index (χ2n) is 4.41. The van der Waals surface area contributed by atoms with E-state index < -0.39 is 0 Å². The predicted molar refractivity (Wildman–Crippen MR) is 68.9 cm³/mol. The highest BCUT2D eigenvalue weighted by Crippen LogP contribution is 2.41. The van der Waals surface area contributed by atoms with Crippen molar-refractivity contribution in [3.05, 3.63) is 40.7 Å². The lowest BCUT2D eigenvalue weighted by atomic mass is 10.2. The van der Waals surface area contributed by atoms with Crippen LogP contribution in [0.25, 0.3) is 11.4 Å². The van der Waals surface area contributed by atoms with Gasteiger partial charge in [-0.2, -0.15) is 0 Å². The van der Waals surface area contributed by atoms with Crippen LogP contribution < -0.4 is 5.73 Å². The Morgan fingerprint density at radius 2 is 2.12 bits per heavy atom. The van der Waals surface area contributed by atoms with Crippen molar-refractivity contribution in [3.8, 4) is 11.4 Å². The average molecular weight is 248 g/mol. The van der Waals surface area contributed by atoms with E-state index >= 15 is 0 Å². The van der Waals surface area contributed by atoms with Gasteiger partial charge in [-0.25, -0.2) is 4.98 Å². The molecule has 0 spiro atoms. The summed E-state index contributed by atoms with van der Waals surface area (Å²) in [6.07, 6.45) is 2.44. The van der Waals surface area contributed by atoms with Crippen LogP contribution in [0.2, 0.25) is 5.02 Å². The topological polar surface area (TPSA) is 54.7 Å². The van der Waals surface area contributed by atoms with Crippen LogP contribution in [-0.2, 0) is 6.54 Å². The number of nitrogens with two attached hydrogens (primary N) is 1. The minimum atomic E-state index is 0.503. The Hall–Kier alpha value is -1.32. The third kappa shape index (κ3) is 1.96. The summed E-state index contributed by atoms with van der Waals surface area (Å²) in [5, 5.41) is 0.715. The van der Waals surface area contributed by atoms with Crippen molar-refractivity contribution in [2.45, 2.75) is 25.3 Å². The van der Waals surface area contributed by atoms with E-state index in [-0.39, 0.29) is 0 Å². The Kier molecular flexibility index (Phi) is 2.65. The Morgan fingerprint density at radius 1 is 1.35 bits per heavy atom. The van der Waals surface area contributed by atoms with Gasteiger partial charge in [0.25, 0.3) is 0 Å². The molecule has 3 nitrogen and oxygen atoms in total. The SMILES string of the molecule is NCc1[nH]c(-c2ccccc2Cl)nc1C1CC1. The molecule has 1 aliphatic rings. The van der Waals surface area contributed by atoms with Gasteiger partial charge in [-0.15, -0.1) is 0 Å². The van der Waals surface area contributed by atoms with E-state index in [4.69, 9.17) is 17.3 Å². The maximum Gasteiger partial charge on any atom is 0.139 e. The summed E-state index contributed by atoms with van der Waals surface area (Å²) in [5.41, 5.74) is 8.85. The van der Waals surface area contributed by atoms with Crippen molar-refractivity contribution in [1.82, 2.24) is 9.97 Å². The van der Waals surface area contributed by atoms with E-state index in [0.29, 0.717) is 17.5 Å². The maximum absolute atomic E-state index is 6.17. The standard InChI is InChI=1S/C13H14ClN3/c14-10-4-2-1-3-9(10)13-16-11(7-15)12(17-13)8-5-6-8/h1-4,8H,5-7,15H2,(H,16,17). The Morgan fingerprint density at radius 3 is 2.76 bits per heavy atom. The minimum Gasteiger partial charge on any atom is -0.341 e. The molecule has 1 fully saturated rings. The molecule has 1 heterocycles. The average Bonchev–Trinajstić information content (AvgIpc) is 3.10. The Balaban J connectivity index is 2.06. The molecule has 0 saturated heterocycles. The number of imidazole rings is 1. The zero-order valence-electron chi connectivity index (χ0n) is 9.41. The second-order valence-corrected chi connectivity index (χ2v) is 4.81. The van der Waals surface area contributed by atoms with Crippen molar-refractivity contribution in [2.75, 3.05) is 0 Å². The molecule has 0 unspecified atom stereocenters. The van der Waals surface area contributed by atoms with Crippen molar-refractivity contribution in [1.29, 1.82) is 0 Å². The normalized spacial score (nSPS) is 15.2. The van der Waals surface area contributed by atoms with Crippen LogP contribution in [0, 0.1) is 0 Å². The molecule has 1 aromatic carbocycles. The number of halogens is 1. The van der Waals surface area contributed by atoms with Gasteiger partial charge in [0.05, 0.1) is 16.4 Å². The highest BCUT2D eigenvalue weighted by atomic mass is 35.5. The van der Waals surface area contributed by atoms with E-state index in [0.717, 1.165) is 22.8 Å². The van der Waals surface area contributed by atoms with Crippen molar-refractivity contribution in [3.63, 3.8) is 0 Å². The summed E-state index contributed by atoms with van der Waals surface area (Å²) in [5.74, 6) is 1.43. The number of aromatic nitrogens is 2. The number of aromatic amines is 1. The summed E-state index contributed by atoms with van der Waals surface area (Å²) in [6.45, 7) is 0.503. The maximum atomic E-state index is 6.17. The zero-order valence-corrected chi connectivity index (χ0v) is 10.2. The fourth-order valence-electron chi connectivity index (χ4n) is 2.05. The highest BCUT2D eigenvalue weighted by Gasteiger charge is 2.29. The Labute approximate surface area is 105 Å². The zero-order chi connectivity index (χ0) is 11.8. The van der Waals surface area contributed by atoms with Crippen LogP contribution in [0.4, 0.5) is 0 Å². The van der Waals surface area contributed by atoms with Gasteiger partial charge in [-0.1, -0.05) is 23.7 Å². The third-order valence-corrected chi connectivity index (χ3v) is 3.44. The van der Waals surface area contributed by atoms with Crippen LogP contribution in [0.15, 0.2) is 24.3 Å². The molecule has 88 valence electrons. The van der Waals surface area contributed by atoms with Crippen LogP contribution in [0.1, 0.15) is 30.1 Å². The molecule has 1 saturated carbocycles. The van der Waals surface area contributed by atoms with Crippen LogP contribution >= 0.6 is 11.6 Å². The van der Waals surface area contributed by atoms with Gasteiger partial charge in [0.2, 0.25) is 0 Å². The number of H-pyrrole nitrogens is 1. The molecule has 0 aliphatic heterocycles. The van der Waals surface area contributed by atoms with E-state index in [1.54, 1.807) is 0 Å². The lowest BCUT2D eigenvalue weighted by molar-refractivity contribution is 0.944. The lowest BCUT2D eigenvalue weighted by Gasteiger charge is -1.98. The summed E-state index contributed by atoms with van der Waals surface area (Å²) < 4.78 is 0. The fourth-order valence-corrected chi connectivity index (χ4v) is 2.28. The first-order valence-corrected chi connectivity index (χ1v) is 6.21. The number of nitrogens with zero attached hydrogens (tertiary/aromatic N) is 1. The van der Waals surface area contributed by atoms with Gasteiger partial charge >= 0.3 is 0 Å². The summed E-state index contributed by atoms with van der Waals surface area (Å²) in [4.78, 5) is 7.94. The first kappa shape index (κ1) is 10.8. The largest absolute Gasteiger partial charge is 0.341 e. The monoisotopic (exact) mass is 247 g/mol. The molecule has 2 aromatic rings. The predicted octanol–water partition coefficient (Wildman–Crippen LogP) is 3.07. The van der Waals surface area contributed by atoms with Crippen molar-refractivity contribution < 1.29 is 0 Å². The minimum absolute atomic E-state index is 0.503. The third-order valence-electron chi connectivity index (χ3n) is 3.11. The number of hydrogen-bond donors (Lipinski definition) is 2. The van der Waals surface area contributed by atoms with Gasteiger partial charge in [0, 0.05) is 18.0 Å². The number of nitrogens with one attached hydrogen (secondary N) is 1. The van der Waals surface area contributed by atoms with Gasteiger partial charge in [0.15, 0.2) is 0 Å². The number of benzene rings is 1. The molecule has 1 aromatic heterocycles. The lowest BCUT2D eigenvalue weighted by Crippen LogP contribution is -1.99. The van der Waals surface area contributed by atoms with Gasteiger partial charge in [-0.3, -0.25) is 0 Å². The summed E-state index contributed by atoms with van der Waals surface area (Å²) in [7, 11) is 0. The van der Waals surface area contributed by atoms with Crippen LogP contribution in [-0.4, -0.2) is 9.97 Å². The van der Waals surface area contributed by atoms with Gasteiger partial charge in [-0.05, 0) is 25.0 Å². The van der Waals surface area contributed by atoms with Crippen molar-refractivity contribution in [2.24, 2.45) is 5.73 Å². The van der Waals surface area contributed by atoms with Crippen LogP contribution in [0.3, 0.4) is 0 Å². The fraction of sp³-hybridized carbons (Fsp3) is 0.308. The molecule has 1 aliphatic carbocycles. The van der Waals surface area contributed by atoms with E-state index in [2.05, 4.69) is 9.97 Å². The molecule has 17 heavy (non-hydrogen) atoms. The van der Waals surface area contributed by atoms with Crippen LogP contribution in [0.5, 0.6) is 0 Å². The molecular formula is C13H14ClN3. The quantitative estimate of drug-likeness (QED) is 0.876. The molecule has 0 atom stereocenters. The molecule has 4 heteroatoms. The summed E-state index contributed by atoms with van der Waals surface area (Å²) in [6, 6.07) is 7.72. The molecule has 3 rings (SSSR count). The summed E-state index contributed by atoms with van der Waals surface area (Å²) >= 11 is 6.17. The Bertz CT molecular complexity index is 543. The first-order chi connectivity index (χ1) is 8.29. The van der Waals surface area contributed by atoms with E-state index in [1.807, 2.05) is 24.3 Å². The molecular weight excluding hydrogens is 234 g/mol. The molecule has 0 radical (unpaired) electrons.